The smallest absolute Gasteiger partial charge is 0.123 e. The largest absolute Gasteiger partial charge is 0.496 e. The van der Waals surface area contributed by atoms with Gasteiger partial charge in [0.2, 0.25) is 0 Å². The average molecular weight is 322 g/mol. The topological polar surface area (TPSA) is 35.9 Å². The number of aliphatic hydroxyl groups is 1. The minimum atomic E-state index is 0.0283. The maximum atomic E-state index is 9.86. The number of hydrogen-bond donors (Lipinski definition) is 1. The van der Waals surface area contributed by atoms with Gasteiger partial charge in [0.25, 0.3) is 0 Å². The molecular formula is C19H34N2O2. The number of benzene rings is 1. The van der Waals surface area contributed by atoms with Gasteiger partial charge in [0.1, 0.15) is 5.75 Å². The van der Waals surface area contributed by atoms with Gasteiger partial charge < -0.3 is 9.84 Å². The summed E-state index contributed by atoms with van der Waals surface area (Å²) < 4.78 is 5.51. The first-order valence-corrected chi connectivity index (χ1v) is 8.47. The van der Waals surface area contributed by atoms with Gasteiger partial charge in [-0.15, -0.1) is 0 Å². The Bertz CT molecular complexity index is 471. The van der Waals surface area contributed by atoms with Crippen LogP contribution in [0.1, 0.15) is 46.2 Å². The molecule has 0 heterocycles. The third kappa shape index (κ3) is 5.20. The number of hydrogen-bond acceptors (Lipinski definition) is 4. The van der Waals surface area contributed by atoms with Crippen molar-refractivity contribution < 1.29 is 9.84 Å². The van der Waals surface area contributed by atoms with Crippen molar-refractivity contribution in [3.63, 3.8) is 0 Å². The Labute approximate surface area is 142 Å². The molecule has 0 aliphatic heterocycles. The molecule has 4 nitrogen and oxygen atoms in total. The zero-order valence-corrected chi connectivity index (χ0v) is 15.8. The molecule has 0 amide bonds. The fourth-order valence-electron chi connectivity index (χ4n) is 2.89. The zero-order valence-electron chi connectivity index (χ0n) is 15.8. The summed E-state index contributed by atoms with van der Waals surface area (Å²) in [4.78, 5) is 4.64. The fourth-order valence-corrected chi connectivity index (χ4v) is 2.89. The molecule has 23 heavy (non-hydrogen) atoms. The minimum absolute atomic E-state index is 0.0283. The molecule has 0 unspecified atom stereocenters. The summed E-state index contributed by atoms with van der Waals surface area (Å²) in [6.45, 7) is 12.8. The lowest BCUT2D eigenvalue weighted by atomic mass is 10.0. The van der Waals surface area contributed by atoms with Crippen molar-refractivity contribution in [1.29, 1.82) is 0 Å². The zero-order chi connectivity index (χ0) is 17.6. The fraction of sp³-hybridized carbons (Fsp3) is 0.684. The first-order chi connectivity index (χ1) is 10.8. The normalized spacial score (nSPS) is 15.0. The van der Waals surface area contributed by atoms with Crippen LogP contribution in [0.25, 0.3) is 0 Å². The first kappa shape index (κ1) is 19.9. The Balaban J connectivity index is 2.94. The Morgan fingerprint density at radius 3 is 2.30 bits per heavy atom. The average Bonchev–Trinajstić information content (AvgIpc) is 2.54. The van der Waals surface area contributed by atoms with E-state index in [0.29, 0.717) is 0 Å². The Morgan fingerprint density at radius 1 is 1.22 bits per heavy atom. The van der Waals surface area contributed by atoms with Crippen molar-refractivity contribution in [2.75, 3.05) is 33.9 Å². The maximum Gasteiger partial charge on any atom is 0.123 e. The summed E-state index contributed by atoms with van der Waals surface area (Å²) in [5, 5.41) is 9.86. The summed E-state index contributed by atoms with van der Waals surface area (Å²) in [6.07, 6.45) is 0. The van der Waals surface area contributed by atoms with Crippen LogP contribution in [0, 0.1) is 0 Å². The molecule has 0 aliphatic rings. The number of nitrogens with zero attached hydrogens (tertiary/aromatic N) is 2. The lowest BCUT2D eigenvalue weighted by molar-refractivity contribution is 0.0394. The predicted octanol–water partition coefficient (Wildman–Crippen LogP) is 3.17. The highest BCUT2D eigenvalue weighted by atomic mass is 16.5. The molecule has 0 saturated carbocycles. The Kier molecular flexibility index (Phi) is 7.52. The molecule has 0 radical (unpaired) electrons. The van der Waals surface area contributed by atoms with Crippen molar-refractivity contribution in [2.45, 2.75) is 52.2 Å². The number of methoxy groups -OCH3 is 1. The molecule has 0 bridgehead atoms. The molecular weight excluding hydrogens is 288 g/mol. The molecule has 0 aromatic heterocycles. The Hall–Kier alpha value is -1.10. The molecule has 1 aromatic rings. The van der Waals surface area contributed by atoms with Gasteiger partial charge in [-0.3, -0.25) is 9.80 Å². The van der Waals surface area contributed by atoms with Crippen molar-refractivity contribution in [3.05, 3.63) is 29.8 Å². The lowest BCUT2D eigenvalue weighted by Gasteiger charge is -2.41. The number of rotatable bonds is 8. The second kappa shape index (κ2) is 8.67. The van der Waals surface area contributed by atoms with Gasteiger partial charge in [0, 0.05) is 29.7 Å². The van der Waals surface area contributed by atoms with Crippen LogP contribution in [0.3, 0.4) is 0 Å². The van der Waals surface area contributed by atoms with Gasteiger partial charge in [-0.2, -0.15) is 0 Å². The van der Waals surface area contributed by atoms with Crippen LogP contribution in [-0.2, 0) is 0 Å². The van der Waals surface area contributed by atoms with E-state index in [-0.39, 0.29) is 24.2 Å². The monoisotopic (exact) mass is 322 g/mol. The van der Waals surface area contributed by atoms with Gasteiger partial charge in [-0.1, -0.05) is 25.1 Å². The third-order valence-electron chi connectivity index (χ3n) is 4.80. The van der Waals surface area contributed by atoms with Crippen LogP contribution < -0.4 is 4.74 Å². The third-order valence-corrected chi connectivity index (χ3v) is 4.80. The van der Waals surface area contributed by atoms with Crippen LogP contribution in [-0.4, -0.2) is 60.3 Å². The van der Waals surface area contributed by atoms with E-state index in [2.05, 4.69) is 57.5 Å². The molecule has 1 N–H and O–H groups in total. The summed E-state index contributed by atoms with van der Waals surface area (Å²) in [5.41, 5.74) is 1.22. The Morgan fingerprint density at radius 2 is 1.83 bits per heavy atom. The van der Waals surface area contributed by atoms with E-state index in [9.17, 15) is 5.11 Å². The van der Waals surface area contributed by atoms with Gasteiger partial charge in [-0.05, 0) is 47.4 Å². The minimum Gasteiger partial charge on any atom is -0.496 e. The highest BCUT2D eigenvalue weighted by Crippen LogP contribution is 2.29. The molecule has 0 saturated heterocycles. The maximum absolute atomic E-state index is 9.86. The number of para-hydroxylation sites is 1. The van der Waals surface area contributed by atoms with Crippen molar-refractivity contribution in [2.24, 2.45) is 0 Å². The quantitative estimate of drug-likeness (QED) is 0.797. The van der Waals surface area contributed by atoms with E-state index >= 15 is 0 Å². The molecule has 0 aliphatic carbocycles. The van der Waals surface area contributed by atoms with Crippen molar-refractivity contribution in [3.8, 4) is 5.75 Å². The molecule has 0 fully saturated rings. The van der Waals surface area contributed by atoms with E-state index in [1.165, 1.54) is 5.56 Å². The van der Waals surface area contributed by atoms with Gasteiger partial charge >= 0.3 is 0 Å². The second-order valence-corrected chi connectivity index (χ2v) is 7.12. The van der Waals surface area contributed by atoms with Crippen molar-refractivity contribution in [1.82, 2.24) is 9.80 Å². The van der Waals surface area contributed by atoms with Crippen LogP contribution in [0.5, 0.6) is 5.75 Å². The van der Waals surface area contributed by atoms with Crippen LogP contribution in [0.4, 0.5) is 0 Å². The first-order valence-electron chi connectivity index (χ1n) is 8.47. The summed E-state index contributed by atoms with van der Waals surface area (Å²) in [6, 6.07) is 8.51. The van der Waals surface area contributed by atoms with Crippen molar-refractivity contribution >= 4 is 0 Å². The lowest BCUT2D eigenvalue weighted by Crippen LogP contribution is -2.52. The molecule has 0 spiro atoms. The highest BCUT2D eigenvalue weighted by Gasteiger charge is 2.28. The molecule has 132 valence electrons. The number of likely N-dealkylation sites (N-methyl/N-ethyl adjacent to an activating group) is 2. The summed E-state index contributed by atoms with van der Waals surface area (Å²) in [5.74, 6) is 0.920. The summed E-state index contributed by atoms with van der Waals surface area (Å²) in [7, 11) is 3.80. The van der Waals surface area contributed by atoms with Crippen LogP contribution >= 0.6 is 0 Å². The second-order valence-electron chi connectivity index (χ2n) is 7.12. The van der Waals surface area contributed by atoms with Gasteiger partial charge in [-0.25, -0.2) is 0 Å². The highest BCUT2D eigenvalue weighted by molar-refractivity contribution is 5.35. The standard InChI is InChI=1S/C19H34N2O2/c1-8-21(13-16(14-22)20(6)19(3,4)5)15(2)17-11-9-10-12-18(17)23-7/h9-12,15-16,22H,8,13-14H2,1-7H3/t15-,16+/m0/s1. The molecule has 4 heteroatoms. The van der Waals surface area contributed by atoms with E-state index in [4.69, 9.17) is 4.74 Å². The van der Waals surface area contributed by atoms with Crippen LogP contribution in [0.2, 0.25) is 0 Å². The molecule has 2 atom stereocenters. The van der Waals surface area contributed by atoms with E-state index < -0.39 is 0 Å². The molecule has 1 rings (SSSR count). The van der Waals surface area contributed by atoms with E-state index in [0.717, 1.165) is 18.8 Å². The van der Waals surface area contributed by atoms with Gasteiger partial charge in [0.05, 0.1) is 13.7 Å². The number of aliphatic hydroxyl groups excluding tert-OH is 1. The van der Waals surface area contributed by atoms with Gasteiger partial charge in [0.15, 0.2) is 0 Å². The SMILES string of the molecule is CCN(C[C@H](CO)N(C)C(C)(C)C)[C@@H](C)c1ccccc1OC. The van der Waals surface area contributed by atoms with E-state index in [1.54, 1.807) is 7.11 Å². The number of ether oxygens (including phenoxy) is 1. The van der Waals surface area contributed by atoms with Crippen LogP contribution in [0.15, 0.2) is 24.3 Å². The summed E-state index contributed by atoms with van der Waals surface area (Å²) >= 11 is 0. The molecule has 1 aromatic carbocycles. The van der Waals surface area contributed by atoms with E-state index in [1.807, 2.05) is 18.2 Å². The predicted molar refractivity (Wildman–Crippen MR) is 97.0 cm³/mol.